The van der Waals surface area contributed by atoms with Gasteiger partial charge in [-0.15, -0.1) is 0 Å². The normalized spacial score (nSPS) is 12.4. The highest BCUT2D eigenvalue weighted by atomic mass is 32.2. The summed E-state index contributed by atoms with van der Waals surface area (Å²) in [6, 6.07) is 5.79. The Morgan fingerprint density at radius 2 is 1.62 bits per heavy atom. The standard InChI is InChI=1S/C15H25NO4S/c1-5-16(6-2)21(17)20-9-7-8-13-10-14(18-3)12-15(11-13)19-4/h10-12H,5-9H2,1-4H3. The Balaban J connectivity index is 2.44. The van der Waals surface area contributed by atoms with Crippen LogP contribution in [-0.4, -0.2) is 42.4 Å². The minimum absolute atomic E-state index is 0.461. The third kappa shape index (κ3) is 6.03. The van der Waals surface area contributed by atoms with Crippen molar-refractivity contribution >= 4 is 11.3 Å². The molecule has 1 aromatic carbocycles. The van der Waals surface area contributed by atoms with Gasteiger partial charge in [-0.05, 0) is 30.5 Å². The zero-order chi connectivity index (χ0) is 15.7. The van der Waals surface area contributed by atoms with Crippen LogP contribution in [0.25, 0.3) is 0 Å². The van der Waals surface area contributed by atoms with Gasteiger partial charge in [-0.3, -0.25) is 4.18 Å². The highest BCUT2D eigenvalue weighted by molar-refractivity contribution is 7.77. The molecule has 0 aliphatic rings. The molecule has 0 amide bonds. The molecule has 0 aliphatic heterocycles. The predicted octanol–water partition coefficient (Wildman–Crippen LogP) is 2.57. The molecular weight excluding hydrogens is 290 g/mol. The number of rotatable bonds is 10. The van der Waals surface area contributed by atoms with Crippen LogP contribution < -0.4 is 9.47 Å². The Morgan fingerprint density at radius 1 is 1.05 bits per heavy atom. The molecule has 0 spiro atoms. The van der Waals surface area contributed by atoms with E-state index in [1.165, 1.54) is 0 Å². The van der Waals surface area contributed by atoms with E-state index >= 15 is 0 Å². The van der Waals surface area contributed by atoms with E-state index in [1.54, 1.807) is 18.5 Å². The Morgan fingerprint density at radius 3 is 2.10 bits per heavy atom. The van der Waals surface area contributed by atoms with E-state index in [0.29, 0.717) is 6.61 Å². The molecule has 6 heteroatoms. The molecule has 0 radical (unpaired) electrons. The molecule has 0 fully saturated rings. The number of hydrogen-bond acceptors (Lipinski definition) is 4. The van der Waals surface area contributed by atoms with Crippen molar-refractivity contribution in [1.82, 2.24) is 4.31 Å². The SMILES string of the molecule is CCN(CC)S(=O)OCCCc1cc(OC)cc(OC)c1. The van der Waals surface area contributed by atoms with Crippen LogP contribution in [0.3, 0.4) is 0 Å². The van der Waals surface area contributed by atoms with Gasteiger partial charge in [0.05, 0.1) is 20.8 Å². The Hall–Kier alpha value is -1.11. The van der Waals surface area contributed by atoms with Gasteiger partial charge in [-0.25, -0.2) is 8.51 Å². The first-order chi connectivity index (χ1) is 10.1. The van der Waals surface area contributed by atoms with Crippen LogP contribution in [0.1, 0.15) is 25.8 Å². The lowest BCUT2D eigenvalue weighted by Crippen LogP contribution is -2.27. The van der Waals surface area contributed by atoms with Gasteiger partial charge in [-0.2, -0.15) is 0 Å². The average molecular weight is 315 g/mol. The molecule has 0 bridgehead atoms. The molecule has 0 saturated heterocycles. The van der Waals surface area contributed by atoms with Crippen LogP contribution in [0.5, 0.6) is 11.5 Å². The van der Waals surface area contributed by atoms with E-state index in [0.717, 1.165) is 43.0 Å². The molecule has 0 heterocycles. The molecule has 1 atom stereocenters. The first kappa shape index (κ1) is 17.9. The third-order valence-corrected chi connectivity index (χ3v) is 4.43. The van der Waals surface area contributed by atoms with E-state index < -0.39 is 11.3 Å². The summed E-state index contributed by atoms with van der Waals surface area (Å²) in [4.78, 5) is 0. The van der Waals surface area contributed by atoms with Crippen molar-refractivity contribution in [3.63, 3.8) is 0 Å². The fourth-order valence-electron chi connectivity index (χ4n) is 1.93. The van der Waals surface area contributed by atoms with Crippen molar-refractivity contribution in [2.75, 3.05) is 33.9 Å². The van der Waals surface area contributed by atoms with Crippen molar-refractivity contribution in [3.05, 3.63) is 23.8 Å². The second kappa shape index (κ2) is 9.76. The van der Waals surface area contributed by atoms with Crippen molar-refractivity contribution in [1.29, 1.82) is 0 Å². The fourth-order valence-corrected chi connectivity index (χ4v) is 2.76. The summed E-state index contributed by atoms with van der Waals surface area (Å²) >= 11 is -1.34. The molecule has 5 nitrogen and oxygen atoms in total. The monoisotopic (exact) mass is 315 g/mol. The van der Waals surface area contributed by atoms with Crippen LogP contribution >= 0.6 is 0 Å². The molecule has 1 rings (SSSR count). The van der Waals surface area contributed by atoms with Crippen molar-refractivity contribution in [2.24, 2.45) is 0 Å². The molecule has 0 aromatic heterocycles. The molecule has 0 N–H and O–H groups in total. The number of ether oxygens (including phenoxy) is 2. The van der Waals surface area contributed by atoms with Gasteiger partial charge in [-0.1, -0.05) is 13.8 Å². The smallest absolute Gasteiger partial charge is 0.237 e. The van der Waals surface area contributed by atoms with E-state index in [1.807, 2.05) is 32.0 Å². The van der Waals surface area contributed by atoms with Crippen molar-refractivity contribution < 1.29 is 17.9 Å². The van der Waals surface area contributed by atoms with Crippen LogP contribution in [0, 0.1) is 0 Å². The highest BCUT2D eigenvalue weighted by Crippen LogP contribution is 2.23. The molecule has 0 saturated carbocycles. The van der Waals surface area contributed by atoms with Crippen LogP contribution in [0.2, 0.25) is 0 Å². The van der Waals surface area contributed by atoms with E-state index in [9.17, 15) is 4.21 Å². The minimum atomic E-state index is -1.34. The summed E-state index contributed by atoms with van der Waals surface area (Å²) in [5.74, 6) is 1.55. The van der Waals surface area contributed by atoms with Gasteiger partial charge in [0.15, 0.2) is 0 Å². The van der Waals surface area contributed by atoms with Gasteiger partial charge in [0, 0.05) is 19.2 Å². The molecular formula is C15H25NO4S. The number of aryl methyl sites for hydroxylation is 1. The maximum absolute atomic E-state index is 11.8. The van der Waals surface area contributed by atoms with Crippen LogP contribution in [-0.2, 0) is 21.9 Å². The first-order valence-electron chi connectivity index (χ1n) is 7.16. The van der Waals surface area contributed by atoms with Gasteiger partial charge < -0.3 is 9.47 Å². The van der Waals surface area contributed by atoms with Gasteiger partial charge in [0.2, 0.25) is 11.3 Å². The summed E-state index contributed by atoms with van der Waals surface area (Å²) < 4.78 is 29.4. The van der Waals surface area contributed by atoms with E-state index in [4.69, 9.17) is 13.7 Å². The molecule has 21 heavy (non-hydrogen) atoms. The van der Waals surface area contributed by atoms with Crippen LogP contribution in [0.15, 0.2) is 18.2 Å². The largest absolute Gasteiger partial charge is 0.497 e. The van der Waals surface area contributed by atoms with Crippen LogP contribution in [0.4, 0.5) is 0 Å². The van der Waals surface area contributed by atoms with Gasteiger partial charge >= 0.3 is 0 Å². The maximum Gasteiger partial charge on any atom is 0.237 e. The predicted molar refractivity (Wildman–Crippen MR) is 84.9 cm³/mol. The lowest BCUT2D eigenvalue weighted by molar-refractivity contribution is 0.303. The van der Waals surface area contributed by atoms with E-state index in [-0.39, 0.29) is 0 Å². The third-order valence-electron chi connectivity index (χ3n) is 3.12. The second-order valence-corrected chi connectivity index (χ2v) is 5.66. The topological polar surface area (TPSA) is 48.0 Å². The zero-order valence-corrected chi connectivity index (χ0v) is 14.1. The summed E-state index contributed by atoms with van der Waals surface area (Å²) in [6.07, 6.45) is 1.62. The second-order valence-electron chi connectivity index (χ2n) is 4.48. The van der Waals surface area contributed by atoms with Crippen molar-refractivity contribution in [2.45, 2.75) is 26.7 Å². The number of benzene rings is 1. The lowest BCUT2D eigenvalue weighted by atomic mass is 10.1. The molecule has 1 aromatic rings. The summed E-state index contributed by atoms with van der Waals surface area (Å²) in [7, 11) is 3.27. The summed E-state index contributed by atoms with van der Waals surface area (Å²) in [5.41, 5.74) is 1.11. The Labute approximate surface area is 130 Å². The van der Waals surface area contributed by atoms with Crippen molar-refractivity contribution in [3.8, 4) is 11.5 Å². The quantitative estimate of drug-likeness (QED) is 0.623. The molecule has 120 valence electrons. The Bertz CT molecular complexity index is 427. The summed E-state index contributed by atoms with van der Waals surface area (Å²) in [6.45, 7) is 5.83. The lowest BCUT2D eigenvalue weighted by Gasteiger charge is -2.15. The maximum atomic E-state index is 11.8. The fraction of sp³-hybridized carbons (Fsp3) is 0.600. The molecule has 1 unspecified atom stereocenters. The Kier molecular flexibility index (Phi) is 8.34. The highest BCUT2D eigenvalue weighted by Gasteiger charge is 2.09. The minimum Gasteiger partial charge on any atom is -0.497 e. The molecule has 0 aliphatic carbocycles. The number of methoxy groups -OCH3 is 2. The number of nitrogens with zero attached hydrogens (tertiary/aromatic N) is 1. The van der Waals surface area contributed by atoms with Gasteiger partial charge in [0.25, 0.3) is 0 Å². The first-order valence-corrected chi connectivity index (χ1v) is 8.19. The number of hydrogen-bond donors (Lipinski definition) is 0. The van der Waals surface area contributed by atoms with E-state index in [2.05, 4.69) is 0 Å². The summed E-state index contributed by atoms with van der Waals surface area (Å²) in [5, 5.41) is 0. The van der Waals surface area contributed by atoms with Gasteiger partial charge in [0.1, 0.15) is 11.5 Å². The zero-order valence-electron chi connectivity index (χ0n) is 13.3. The average Bonchev–Trinajstić information content (AvgIpc) is 2.52.